The van der Waals surface area contributed by atoms with Crippen molar-refractivity contribution >= 4 is 16.8 Å². The van der Waals surface area contributed by atoms with Gasteiger partial charge in [-0.15, -0.1) is 0 Å². The predicted octanol–water partition coefficient (Wildman–Crippen LogP) is 5.84. The minimum atomic E-state index is -0.534. The molecular formula is C28H30FN3O3. The van der Waals surface area contributed by atoms with Crippen LogP contribution in [0.3, 0.4) is 0 Å². The van der Waals surface area contributed by atoms with Crippen molar-refractivity contribution in [1.29, 1.82) is 0 Å². The quantitative estimate of drug-likeness (QED) is 0.364. The third-order valence-corrected chi connectivity index (χ3v) is 5.81. The Morgan fingerprint density at radius 3 is 2.46 bits per heavy atom. The van der Waals surface area contributed by atoms with Crippen LogP contribution in [-0.2, 0) is 4.79 Å². The maximum Gasteiger partial charge on any atom is 0.225 e. The molecule has 1 aromatic heterocycles. The van der Waals surface area contributed by atoms with Crippen LogP contribution in [0.2, 0.25) is 0 Å². The number of methoxy groups -OCH3 is 1. The lowest BCUT2D eigenvalue weighted by molar-refractivity contribution is -0.129. The molecule has 0 spiro atoms. The molecule has 1 N–H and O–H groups in total. The summed E-state index contributed by atoms with van der Waals surface area (Å²) < 4.78 is 27.2. The van der Waals surface area contributed by atoms with E-state index >= 15 is 0 Å². The second-order valence-corrected chi connectivity index (χ2v) is 9.55. The van der Waals surface area contributed by atoms with E-state index in [0.29, 0.717) is 11.5 Å². The molecule has 0 radical (unpaired) electrons. The molecule has 0 aliphatic rings. The molecule has 182 valence electrons. The highest BCUT2D eigenvalue weighted by atomic mass is 19.1. The van der Waals surface area contributed by atoms with Crippen LogP contribution in [0, 0.1) is 11.2 Å². The molecule has 0 saturated carbocycles. The van der Waals surface area contributed by atoms with Crippen molar-refractivity contribution in [2.24, 2.45) is 5.41 Å². The number of nitrogens with zero attached hydrogens (tertiary/aromatic N) is 2. The van der Waals surface area contributed by atoms with Gasteiger partial charge in [-0.3, -0.25) is 4.79 Å². The van der Waals surface area contributed by atoms with Crippen LogP contribution < -0.4 is 14.8 Å². The summed E-state index contributed by atoms with van der Waals surface area (Å²) in [5.74, 6) is 0.948. The van der Waals surface area contributed by atoms with E-state index in [4.69, 9.17) is 9.47 Å². The van der Waals surface area contributed by atoms with Gasteiger partial charge in [0.25, 0.3) is 0 Å². The van der Waals surface area contributed by atoms with Gasteiger partial charge in [0, 0.05) is 16.4 Å². The molecule has 1 heterocycles. The molecular weight excluding hydrogens is 445 g/mol. The monoisotopic (exact) mass is 475 g/mol. The minimum absolute atomic E-state index is 0.0653. The van der Waals surface area contributed by atoms with Crippen molar-refractivity contribution in [3.8, 4) is 17.2 Å². The normalized spacial score (nSPS) is 13.3. The highest BCUT2D eigenvalue weighted by Gasteiger charge is 2.30. The number of para-hydroxylation sites is 1. The number of rotatable bonds is 7. The summed E-state index contributed by atoms with van der Waals surface area (Å²) in [6.45, 7) is 7.55. The second-order valence-electron chi connectivity index (χ2n) is 9.55. The van der Waals surface area contributed by atoms with Gasteiger partial charge in [-0.2, -0.15) is 5.10 Å². The fourth-order valence-electron chi connectivity index (χ4n) is 3.85. The molecule has 0 aliphatic carbocycles. The lowest BCUT2D eigenvalue weighted by Gasteiger charge is -2.30. The molecule has 35 heavy (non-hydrogen) atoms. The fourth-order valence-corrected chi connectivity index (χ4v) is 3.85. The molecule has 4 aromatic rings. The largest absolute Gasteiger partial charge is 0.496 e. The van der Waals surface area contributed by atoms with Gasteiger partial charge in [0.2, 0.25) is 5.91 Å². The summed E-state index contributed by atoms with van der Waals surface area (Å²) in [4.78, 5) is 12.7. The number of fused-ring (bicyclic) bond motifs is 1. The number of carbonyl (C=O) groups excluding carboxylic acids is 1. The molecule has 0 unspecified atom stereocenters. The predicted molar refractivity (Wildman–Crippen MR) is 134 cm³/mol. The Balaban J connectivity index is 1.67. The number of hydrogen-bond acceptors (Lipinski definition) is 4. The van der Waals surface area contributed by atoms with E-state index in [1.807, 2.05) is 70.2 Å². The number of nitrogens with one attached hydrogen (secondary N) is 1. The van der Waals surface area contributed by atoms with Crippen molar-refractivity contribution in [2.75, 3.05) is 7.11 Å². The van der Waals surface area contributed by atoms with Gasteiger partial charge >= 0.3 is 0 Å². The van der Waals surface area contributed by atoms with Gasteiger partial charge < -0.3 is 14.8 Å². The second kappa shape index (κ2) is 9.78. The summed E-state index contributed by atoms with van der Waals surface area (Å²) in [7, 11) is 1.62. The molecule has 0 aliphatic heterocycles. The Morgan fingerprint density at radius 1 is 1.06 bits per heavy atom. The summed E-state index contributed by atoms with van der Waals surface area (Å²) in [5.41, 5.74) is 1.93. The number of benzene rings is 3. The third-order valence-electron chi connectivity index (χ3n) is 5.81. The summed E-state index contributed by atoms with van der Waals surface area (Å²) in [5, 5.41) is 8.43. The Labute approximate surface area is 204 Å². The Bertz CT molecular complexity index is 1330. The molecule has 7 heteroatoms. The highest BCUT2D eigenvalue weighted by Crippen LogP contribution is 2.33. The van der Waals surface area contributed by atoms with E-state index in [-0.39, 0.29) is 17.8 Å². The maximum atomic E-state index is 13.3. The number of carbonyl (C=O) groups is 1. The van der Waals surface area contributed by atoms with Crippen molar-refractivity contribution in [3.63, 3.8) is 0 Å². The molecule has 1 amide bonds. The Hall–Kier alpha value is -3.87. The molecule has 6 nitrogen and oxygen atoms in total. The number of ether oxygens (including phenoxy) is 2. The SMILES string of the molecule is COc1ccccc1[C@H](Oc1ccc2c(cnn2-c2ccc(F)cc2)c1)[C@H](C)NC(=O)C(C)(C)C. The topological polar surface area (TPSA) is 65.4 Å². The van der Waals surface area contributed by atoms with E-state index in [1.54, 1.807) is 30.1 Å². The molecule has 0 bridgehead atoms. The zero-order valence-corrected chi connectivity index (χ0v) is 20.6. The fraction of sp³-hybridized carbons (Fsp3) is 0.286. The van der Waals surface area contributed by atoms with Gasteiger partial charge in [0.15, 0.2) is 0 Å². The Morgan fingerprint density at radius 2 is 1.77 bits per heavy atom. The molecule has 0 fully saturated rings. The van der Waals surface area contributed by atoms with Crippen LogP contribution in [0.15, 0.2) is 72.9 Å². The van der Waals surface area contributed by atoms with Crippen molar-refractivity contribution in [2.45, 2.75) is 39.8 Å². The van der Waals surface area contributed by atoms with E-state index < -0.39 is 11.5 Å². The number of hydrogen-bond donors (Lipinski definition) is 1. The first-order valence-corrected chi connectivity index (χ1v) is 11.5. The van der Waals surface area contributed by atoms with Crippen LogP contribution in [0.4, 0.5) is 4.39 Å². The van der Waals surface area contributed by atoms with Gasteiger partial charge in [-0.05, 0) is 55.5 Å². The van der Waals surface area contributed by atoms with Crippen molar-refractivity contribution in [1.82, 2.24) is 15.1 Å². The summed E-state index contributed by atoms with van der Waals surface area (Å²) in [6, 6.07) is 19.2. The van der Waals surface area contributed by atoms with Crippen molar-refractivity contribution in [3.05, 3.63) is 84.3 Å². The van der Waals surface area contributed by atoms with E-state index in [0.717, 1.165) is 22.2 Å². The van der Waals surface area contributed by atoms with Crippen LogP contribution >= 0.6 is 0 Å². The molecule has 0 saturated heterocycles. The Kier molecular flexibility index (Phi) is 6.78. The zero-order valence-electron chi connectivity index (χ0n) is 20.6. The first-order valence-electron chi connectivity index (χ1n) is 11.5. The van der Waals surface area contributed by atoms with Gasteiger partial charge in [0.05, 0.1) is 30.6 Å². The average Bonchev–Trinajstić information content (AvgIpc) is 3.25. The molecule has 3 aromatic carbocycles. The van der Waals surface area contributed by atoms with E-state index in [9.17, 15) is 9.18 Å². The average molecular weight is 476 g/mol. The number of amides is 1. The summed E-state index contributed by atoms with van der Waals surface area (Å²) in [6.07, 6.45) is 1.25. The van der Waals surface area contributed by atoms with E-state index in [2.05, 4.69) is 10.4 Å². The van der Waals surface area contributed by atoms with Crippen LogP contribution in [0.5, 0.6) is 11.5 Å². The third kappa shape index (κ3) is 5.29. The van der Waals surface area contributed by atoms with Crippen LogP contribution in [-0.4, -0.2) is 28.8 Å². The van der Waals surface area contributed by atoms with Gasteiger partial charge in [-0.1, -0.05) is 39.0 Å². The first-order chi connectivity index (χ1) is 16.7. The van der Waals surface area contributed by atoms with Gasteiger partial charge in [-0.25, -0.2) is 9.07 Å². The lowest BCUT2D eigenvalue weighted by Crippen LogP contribution is -2.44. The van der Waals surface area contributed by atoms with Crippen LogP contribution in [0.1, 0.15) is 39.4 Å². The van der Waals surface area contributed by atoms with Crippen molar-refractivity contribution < 1.29 is 18.7 Å². The zero-order chi connectivity index (χ0) is 25.2. The van der Waals surface area contributed by atoms with E-state index in [1.165, 1.54) is 12.1 Å². The maximum absolute atomic E-state index is 13.3. The smallest absolute Gasteiger partial charge is 0.225 e. The first kappa shape index (κ1) is 24.3. The standard InChI is InChI=1S/C28H30FN3O3/c1-18(31-27(33)28(2,3)4)26(23-8-6-7-9-25(23)34-5)35-22-14-15-24-19(16-22)17-30-32(24)21-12-10-20(29)11-13-21/h6-18,26H,1-5H3,(H,31,33)/t18-,26+/m0/s1. The molecule has 4 rings (SSSR count). The lowest BCUT2D eigenvalue weighted by atomic mass is 9.94. The van der Waals surface area contributed by atoms with Crippen LogP contribution in [0.25, 0.3) is 16.6 Å². The summed E-state index contributed by atoms with van der Waals surface area (Å²) >= 11 is 0. The minimum Gasteiger partial charge on any atom is -0.496 e. The highest BCUT2D eigenvalue weighted by molar-refractivity contribution is 5.82. The van der Waals surface area contributed by atoms with Gasteiger partial charge in [0.1, 0.15) is 23.4 Å². The number of halogens is 1. The number of aromatic nitrogens is 2. The molecule has 2 atom stereocenters.